The van der Waals surface area contributed by atoms with E-state index in [0.29, 0.717) is 26.3 Å². The molecule has 0 aromatic carbocycles. The highest BCUT2D eigenvalue weighted by Crippen LogP contribution is 2.07. The van der Waals surface area contributed by atoms with Crippen LogP contribution in [0.4, 0.5) is 0 Å². The Morgan fingerprint density at radius 1 is 1.50 bits per heavy atom. The van der Waals surface area contributed by atoms with Crippen LogP contribution in [0.1, 0.15) is 0 Å². The number of nitrogens with one attached hydrogen (secondary N) is 1. The van der Waals surface area contributed by atoms with E-state index in [9.17, 15) is 4.57 Å². The molecule has 0 spiro atoms. The molecule has 6 heteroatoms. The Bertz CT molecular complexity index is 126. The fourth-order valence-electron chi connectivity index (χ4n) is 0.784. The monoisotopic (exact) mass is 165 g/mol. The molecule has 1 saturated heterocycles. The molecule has 0 amide bonds. The first-order valence-electron chi connectivity index (χ1n) is 3.04. The van der Waals surface area contributed by atoms with Gasteiger partial charge in [0.25, 0.3) is 0 Å². The second-order valence-electron chi connectivity index (χ2n) is 1.97. The van der Waals surface area contributed by atoms with E-state index in [2.05, 4.69) is 5.20 Å². The smallest absolute Gasteiger partial charge is 0.306 e. The third kappa shape index (κ3) is 2.68. The minimum Gasteiger partial charge on any atom is -0.379 e. The molecule has 1 aliphatic rings. The van der Waals surface area contributed by atoms with Gasteiger partial charge >= 0.3 is 8.18 Å². The van der Waals surface area contributed by atoms with Gasteiger partial charge in [-0.15, -0.1) is 0 Å². The summed E-state index contributed by atoms with van der Waals surface area (Å²) in [5.41, 5.74) is 0. The van der Waals surface area contributed by atoms with Crippen LogP contribution in [0.15, 0.2) is 0 Å². The van der Waals surface area contributed by atoms with Gasteiger partial charge in [0.1, 0.15) is 0 Å². The van der Waals surface area contributed by atoms with Crippen LogP contribution in [0, 0.1) is 0 Å². The maximum absolute atomic E-state index is 10.2. The summed E-state index contributed by atoms with van der Waals surface area (Å²) in [7, 11) is -2.25. The van der Waals surface area contributed by atoms with Crippen LogP contribution in [0.3, 0.4) is 0 Å². The van der Waals surface area contributed by atoms with Gasteiger partial charge in [-0.3, -0.25) is 0 Å². The molecule has 1 fully saturated rings. The Morgan fingerprint density at radius 3 is 2.60 bits per heavy atom. The molecule has 1 heterocycles. The topological polar surface area (TPSA) is 61.8 Å². The van der Waals surface area contributed by atoms with E-state index >= 15 is 0 Å². The summed E-state index contributed by atoms with van der Waals surface area (Å²) < 4.78 is 15.2. The van der Waals surface area contributed by atoms with Gasteiger partial charge in [0, 0.05) is 13.1 Å². The van der Waals surface area contributed by atoms with Crippen molar-refractivity contribution in [1.29, 1.82) is 0 Å². The number of hydrogen-bond donors (Lipinski definition) is 2. The molecular formula is C4H10N2O3P. The summed E-state index contributed by atoms with van der Waals surface area (Å²) in [4.78, 5) is 8.42. The van der Waals surface area contributed by atoms with Crippen LogP contribution in [0.2, 0.25) is 0 Å². The number of hydrogen-bond acceptors (Lipinski definition) is 3. The van der Waals surface area contributed by atoms with Crippen molar-refractivity contribution in [3.05, 3.63) is 0 Å². The molecule has 59 valence electrons. The first kappa shape index (κ1) is 8.04. The maximum Gasteiger partial charge on any atom is 0.306 e. The Morgan fingerprint density at radius 2 is 2.10 bits per heavy atom. The average Bonchev–Trinajstić information content (AvgIpc) is 1.88. The van der Waals surface area contributed by atoms with Crippen molar-refractivity contribution in [2.24, 2.45) is 0 Å². The first-order valence-corrected chi connectivity index (χ1v) is 4.25. The van der Waals surface area contributed by atoms with Crippen molar-refractivity contribution >= 4 is 8.18 Å². The Hall–Kier alpha value is -0.0600. The van der Waals surface area contributed by atoms with Gasteiger partial charge in [0.15, 0.2) is 0 Å². The van der Waals surface area contributed by atoms with E-state index in [1.54, 1.807) is 5.01 Å². The minimum atomic E-state index is -2.25. The summed E-state index contributed by atoms with van der Waals surface area (Å²) in [6.45, 7) is 2.58. The molecule has 2 N–H and O–H groups in total. The zero-order chi connectivity index (χ0) is 7.40. The van der Waals surface area contributed by atoms with Crippen molar-refractivity contribution in [2.45, 2.75) is 0 Å². The van der Waals surface area contributed by atoms with E-state index in [4.69, 9.17) is 9.63 Å². The van der Waals surface area contributed by atoms with Gasteiger partial charge < -0.3 is 9.63 Å². The van der Waals surface area contributed by atoms with Crippen LogP contribution >= 0.6 is 8.18 Å². The number of ether oxygens (including phenoxy) is 1. The molecule has 5 nitrogen and oxygen atoms in total. The molecule has 0 aromatic rings. The molecule has 1 unspecified atom stereocenters. The van der Waals surface area contributed by atoms with E-state index in [1.165, 1.54) is 0 Å². The molecule has 10 heavy (non-hydrogen) atoms. The Kier molecular flexibility index (Phi) is 3.18. The fraction of sp³-hybridized carbons (Fsp3) is 1.00. The molecule has 0 aliphatic carbocycles. The largest absolute Gasteiger partial charge is 0.379 e. The third-order valence-electron chi connectivity index (χ3n) is 1.24. The first-order chi connectivity index (χ1) is 4.79. The third-order valence-corrected chi connectivity index (χ3v) is 1.69. The van der Waals surface area contributed by atoms with E-state index < -0.39 is 8.18 Å². The molecule has 0 bridgehead atoms. The summed E-state index contributed by atoms with van der Waals surface area (Å²) in [5, 5.41) is 4.08. The number of rotatable bonds is 2. The van der Waals surface area contributed by atoms with Crippen molar-refractivity contribution in [1.82, 2.24) is 10.2 Å². The number of hydrazine groups is 1. The molecular weight excluding hydrogens is 155 g/mol. The number of morpholine rings is 1. The zero-order valence-corrected chi connectivity index (χ0v) is 6.38. The van der Waals surface area contributed by atoms with Gasteiger partial charge in [0.2, 0.25) is 0 Å². The second kappa shape index (κ2) is 3.95. The molecule has 1 radical (unpaired) electrons. The predicted molar refractivity (Wildman–Crippen MR) is 35.4 cm³/mol. The normalized spacial score (nSPS) is 22.7. The fourth-order valence-corrected chi connectivity index (χ4v) is 1.23. The maximum atomic E-state index is 10.2. The summed E-state index contributed by atoms with van der Waals surface area (Å²) in [5.74, 6) is 0. The highest BCUT2D eigenvalue weighted by Gasteiger charge is 2.10. The van der Waals surface area contributed by atoms with Crippen LogP contribution in [0.25, 0.3) is 0 Å². The molecule has 0 saturated carbocycles. The van der Waals surface area contributed by atoms with Crippen LogP contribution < -0.4 is 5.20 Å². The summed E-state index contributed by atoms with van der Waals surface area (Å²) in [6.07, 6.45) is 0. The summed E-state index contributed by atoms with van der Waals surface area (Å²) in [6, 6.07) is 0. The lowest BCUT2D eigenvalue weighted by molar-refractivity contribution is 0.0260. The molecule has 1 atom stereocenters. The van der Waals surface area contributed by atoms with Gasteiger partial charge in [-0.25, -0.2) is 9.57 Å². The minimum absolute atomic E-state index is 0.621. The summed E-state index contributed by atoms with van der Waals surface area (Å²) >= 11 is 0. The van der Waals surface area contributed by atoms with Gasteiger partial charge in [-0.1, -0.05) is 0 Å². The van der Waals surface area contributed by atoms with Gasteiger partial charge in [-0.2, -0.15) is 5.20 Å². The standard InChI is InChI=1S/C4H10N2O3P/c7-10(8)5-6-1-3-9-4-2-6/h1-4H2,(H2,5,7,8). The second-order valence-corrected chi connectivity index (χ2v) is 2.72. The number of nitrogens with zero attached hydrogens (tertiary/aromatic N) is 1. The SMILES string of the molecule is O=[P](O)NN1CCOCC1. The molecule has 1 rings (SSSR count). The van der Waals surface area contributed by atoms with Gasteiger partial charge in [-0.05, 0) is 0 Å². The highest BCUT2D eigenvalue weighted by atomic mass is 31.1. The van der Waals surface area contributed by atoms with Gasteiger partial charge in [0.05, 0.1) is 13.2 Å². The van der Waals surface area contributed by atoms with E-state index in [0.717, 1.165) is 0 Å². The predicted octanol–water partition coefficient (Wildman–Crippen LogP) is -0.527. The van der Waals surface area contributed by atoms with Crippen LogP contribution in [-0.4, -0.2) is 36.2 Å². The van der Waals surface area contributed by atoms with Crippen molar-refractivity contribution < 1.29 is 14.2 Å². The lowest BCUT2D eigenvalue weighted by Crippen LogP contribution is -2.42. The van der Waals surface area contributed by atoms with Crippen molar-refractivity contribution in [3.8, 4) is 0 Å². The zero-order valence-electron chi connectivity index (χ0n) is 5.49. The van der Waals surface area contributed by atoms with E-state index in [-0.39, 0.29) is 0 Å². The average molecular weight is 165 g/mol. The lowest BCUT2D eigenvalue weighted by Gasteiger charge is -2.24. The van der Waals surface area contributed by atoms with Crippen LogP contribution in [-0.2, 0) is 9.30 Å². The Balaban J connectivity index is 2.19. The molecule has 1 aliphatic heterocycles. The molecule has 0 aromatic heterocycles. The van der Waals surface area contributed by atoms with E-state index in [1.807, 2.05) is 0 Å². The lowest BCUT2D eigenvalue weighted by atomic mass is 10.5. The van der Waals surface area contributed by atoms with Crippen molar-refractivity contribution in [2.75, 3.05) is 26.3 Å². The highest BCUT2D eigenvalue weighted by molar-refractivity contribution is 7.35. The van der Waals surface area contributed by atoms with Crippen LogP contribution in [0.5, 0.6) is 0 Å². The quantitative estimate of drug-likeness (QED) is 0.539. The van der Waals surface area contributed by atoms with Crippen molar-refractivity contribution in [3.63, 3.8) is 0 Å². The Labute approximate surface area is 59.9 Å².